The van der Waals surface area contributed by atoms with Gasteiger partial charge in [0.2, 0.25) is 5.91 Å². The van der Waals surface area contributed by atoms with Crippen LogP contribution in [0.4, 0.5) is 0 Å². The molecule has 118 valence electrons. The van der Waals surface area contributed by atoms with Gasteiger partial charge < -0.3 is 10.6 Å². The Morgan fingerprint density at radius 2 is 2.00 bits per heavy atom. The average Bonchev–Trinajstić information content (AvgIpc) is 2.87. The lowest BCUT2D eigenvalue weighted by molar-refractivity contribution is -0.127. The normalized spacial score (nSPS) is 22.4. The standard InChI is InChI=1S/C17H34N2O/c1-4-11-17(12-9-14-19-17)16(20)18-13-8-6-5-7-10-15(2)3/h15,19H,4-14H2,1-3H3,(H,18,20). The van der Waals surface area contributed by atoms with Crippen molar-refractivity contribution in [1.29, 1.82) is 0 Å². The highest BCUT2D eigenvalue weighted by Crippen LogP contribution is 2.24. The molecule has 3 heteroatoms. The highest BCUT2D eigenvalue weighted by atomic mass is 16.2. The van der Waals surface area contributed by atoms with Crippen LogP contribution in [0.1, 0.15) is 78.6 Å². The van der Waals surface area contributed by atoms with Crippen molar-refractivity contribution < 1.29 is 4.79 Å². The first-order chi connectivity index (χ1) is 9.60. The largest absolute Gasteiger partial charge is 0.354 e. The molecule has 3 nitrogen and oxygen atoms in total. The van der Waals surface area contributed by atoms with Crippen molar-refractivity contribution in [3.63, 3.8) is 0 Å². The Hall–Kier alpha value is -0.570. The molecule has 0 radical (unpaired) electrons. The van der Waals surface area contributed by atoms with Crippen LogP contribution in [0.5, 0.6) is 0 Å². The zero-order valence-corrected chi connectivity index (χ0v) is 13.8. The summed E-state index contributed by atoms with van der Waals surface area (Å²) in [4.78, 5) is 12.4. The summed E-state index contributed by atoms with van der Waals surface area (Å²) in [6, 6.07) is 0. The Morgan fingerprint density at radius 3 is 2.60 bits per heavy atom. The molecule has 0 aromatic carbocycles. The predicted octanol–water partition coefficient (Wildman–Crippen LogP) is 3.63. The van der Waals surface area contributed by atoms with Gasteiger partial charge in [0.1, 0.15) is 0 Å². The molecule has 1 rings (SSSR count). The minimum Gasteiger partial charge on any atom is -0.354 e. The van der Waals surface area contributed by atoms with Crippen molar-refractivity contribution >= 4 is 5.91 Å². The van der Waals surface area contributed by atoms with Crippen LogP contribution in [-0.2, 0) is 4.79 Å². The van der Waals surface area contributed by atoms with Crippen molar-refractivity contribution in [3.05, 3.63) is 0 Å². The van der Waals surface area contributed by atoms with E-state index in [0.717, 1.165) is 51.1 Å². The first-order valence-electron chi connectivity index (χ1n) is 8.64. The quantitative estimate of drug-likeness (QED) is 0.601. The monoisotopic (exact) mass is 282 g/mol. The van der Waals surface area contributed by atoms with Crippen molar-refractivity contribution in [1.82, 2.24) is 10.6 Å². The van der Waals surface area contributed by atoms with Gasteiger partial charge in [0.25, 0.3) is 0 Å². The van der Waals surface area contributed by atoms with Gasteiger partial charge in [-0.15, -0.1) is 0 Å². The molecule has 1 saturated heterocycles. The molecule has 0 aromatic rings. The Labute approximate surface area is 125 Å². The zero-order valence-electron chi connectivity index (χ0n) is 13.8. The second-order valence-electron chi connectivity index (χ2n) is 6.72. The summed E-state index contributed by atoms with van der Waals surface area (Å²) in [5.41, 5.74) is -0.258. The molecular formula is C17H34N2O. The van der Waals surface area contributed by atoms with E-state index in [-0.39, 0.29) is 11.4 Å². The molecule has 0 aromatic heterocycles. The summed E-state index contributed by atoms with van der Waals surface area (Å²) in [5.74, 6) is 1.05. The Balaban J connectivity index is 2.12. The van der Waals surface area contributed by atoms with Crippen LogP contribution in [0.15, 0.2) is 0 Å². The Morgan fingerprint density at radius 1 is 1.25 bits per heavy atom. The number of hydrogen-bond donors (Lipinski definition) is 2. The first-order valence-corrected chi connectivity index (χ1v) is 8.64. The highest BCUT2D eigenvalue weighted by molar-refractivity contribution is 5.86. The van der Waals surface area contributed by atoms with Gasteiger partial charge in [0.05, 0.1) is 5.54 Å². The minimum absolute atomic E-state index is 0.235. The van der Waals surface area contributed by atoms with Gasteiger partial charge in [0.15, 0.2) is 0 Å². The number of amides is 1. The lowest BCUT2D eigenvalue weighted by atomic mass is 9.91. The van der Waals surface area contributed by atoms with E-state index in [9.17, 15) is 4.79 Å². The number of hydrogen-bond acceptors (Lipinski definition) is 2. The smallest absolute Gasteiger partial charge is 0.240 e. The SMILES string of the molecule is CCCC1(C(=O)NCCCCCCC(C)C)CCCN1. The molecule has 0 bridgehead atoms. The van der Waals surface area contributed by atoms with Gasteiger partial charge >= 0.3 is 0 Å². The molecule has 1 unspecified atom stereocenters. The summed E-state index contributed by atoms with van der Waals surface area (Å²) >= 11 is 0. The molecule has 1 heterocycles. The van der Waals surface area contributed by atoms with E-state index in [4.69, 9.17) is 0 Å². The molecule has 20 heavy (non-hydrogen) atoms. The Kier molecular flexibility index (Phi) is 8.20. The van der Waals surface area contributed by atoms with Crippen LogP contribution in [0.2, 0.25) is 0 Å². The van der Waals surface area contributed by atoms with E-state index in [1.54, 1.807) is 0 Å². The van der Waals surface area contributed by atoms with Crippen LogP contribution in [0.3, 0.4) is 0 Å². The van der Waals surface area contributed by atoms with Gasteiger partial charge in [-0.2, -0.15) is 0 Å². The number of unbranched alkanes of at least 4 members (excludes halogenated alkanes) is 3. The molecule has 1 aliphatic heterocycles. The molecule has 0 spiro atoms. The second kappa shape index (κ2) is 9.38. The van der Waals surface area contributed by atoms with Crippen molar-refractivity contribution in [2.45, 2.75) is 84.1 Å². The lowest BCUT2D eigenvalue weighted by Crippen LogP contribution is -2.53. The maximum atomic E-state index is 12.4. The van der Waals surface area contributed by atoms with Gasteiger partial charge in [-0.25, -0.2) is 0 Å². The fourth-order valence-corrected chi connectivity index (χ4v) is 3.16. The van der Waals surface area contributed by atoms with Crippen LogP contribution in [-0.4, -0.2) is 24.5 Å². The van der Waals surface area contributed by atoms with E-state index >= 15 is 0 Å². The highest BCUT2D eigenvalue weighted by Gasteiger charge is 2.39. The molecule has 1 atom stereocenters. The van der Waals surface area contributed by atoms with Gasteiger partial charge in [-0.1, -0.05) is 52.9 Å². The molecule has 2 N–H and O–H groups in total. The topological polar surface area (TPSA) is 41.1 Å². The molecule has 1 fully saturated rings. The lowest BCUT2D eigenvalue weighted by Gasteiger charge is -2.27. The third kappa shape index (κ3) is 5.82. The van der Waals surface area contributed by atoms with Gasteiger partial charge in [0, 0.05) is 6.54 Å². The zero-order chi connectivity index (χ0) is 14.8. The molecule has 1 amide bonds. The average molecular weight is 282 g/mol. The van der Waals surface area contributed by atoms with E-state index < -0.39 is 0 Å². The maximum Gasteiger partial charge on any atom is 0.240 e. The van der Waals surface area contributed by atoms with Crippen LogP contribution in [0.25, 0.3) is 0 Å². The minimum atomic E-state index is -0.258. The third-order valence-corrected chi connectivity index (χ3v) is 4.35. The summed E-state index contributed by atoms with van der Waals surface area (Å²) < 4.78 is 0. The van der Waals surface area contributed by atoms with Crippen molar-refractivity contribution in [2.75, 3.05) is 13.1 Å². The van der Waals surface area contributed by atoms with E-state index in [0.29, 0.717) is 0 Å². The van der Waals surface area contributed by atoms with E-state index in [1.807, 2.05) is 0 Å². The van der Waals surface area contributed by atoms with Gasteiger partial charge in [-0.3, -0.25) is 4.79 Å². The molecular weight excluding hydrogens is 248 g/mol. The summed E-state index contributed by atoms with van der Waals surface area (Å²) in [7, 11) is 0. The van der Waals surface area contributed by atoms with Gasteiger partial charge in [-0.05, 0) is 38.1 Å². The van der Waals surface area contributed by atoms with Crippen LogP contribution >= 0.6 is 0 Å². The van der Waals surface area contributed by atoms with Crippen LogP contribution < -0.4 is 10.6 Å². The van der Waals surface area contributed by atoms with Crippen molar-refractivity contribution in [3.8, 4) is 0 Å². The third-order valence-electron chi connectivity index (χ3n) is 4.35. The number of rotatable bonds is 10. The van der Waals surface area contributed by atoms with E-state index in [2.05, 4.69) is 31.4 Å². The molecule has 1 aliphatic rings. The number of carbonyl (C=O) groups is 1. The van der Waals surface area contributed by atoms with Crippen LogP contribution in [0, 0.1) is 5.92 Å². The number of carbonyl (C=O) groups excluding carboxylic acids is 1. The Bertz CT molecular complexity index is 270. The summed E-state index contributed by atoms with van der Waals surface area (Å²) in [6.07, 6.45) is 10.5. The summed E-state index contributed by atoms with van der Waals surface area (Å²) in [6.45, 7) is 8.55. The fraction of sp³-hybridized carbons (Fsp3) is 0.941. The predicted molar refractivity (Wildman–Crippen MR) is 85.8 cm³/mol. The second-order valence-corrected chi connectivity index (χ2v) is 6.72. The first kappa shape index (κ1) is 17.5. The maximum absolute atomic E-state index is 12.4. The number of nitrogens with one attached hydrogen (secondary N) is 2. The summed E-state index contributed by atoms with van der Waals surface area (Å²) in [5, 5.41) is 6.58. The molecule has 0 saturated carbocycles. The molecule has 0 aliphatic carbocycles. The van der Waals surface area contributed by atoms with E-state index in [1.165, 1.54) is 25.7 Å². The van der Waals surface area contributed by atoms with Crippen molar-refractivity contribution in [2.24, 2.45) is 5.92 Å². The fourth-order valence-electron chi connectivity index (χ4n) is 3.16.